The molecule has 86 valence electrons. The third-order valence-corrected chi connectivity index (χ3v) is 3.48. The lowest BCUT2D eigenvalue weighted by Gasteiger charge is -2.02. The zero-order valence-electron chi connectivity index (χ0n) is 9.64. The molecule has 0 atom stereocenters. The predicted molar refractivity (Wildman–Crippen MR) is 75.0 cm³/mol. The number of phenolic OH excluding ortho intramolecular Hbond substituents is 1. The van der Waals surface area contributed by atoms with Gasteiger partial charge in [-0.1, -0.05) is 42.5 Å². The van der Waals surface area contributed by atoms with Crippen molar-refractivity contribution in [1.82, 2.24) is 4.98 Å². The van der Waals surface area contributed by atoms with Gasteiger partial charge in [0.15, 0.2) is 0 Å². The van der Waals surface area contributed by atoms with Gasteiger partial charge in [-0.25, -0.2) is 0 Å². The summed E-state index contributed by atoms with van der Waals surface area (Å²) >= 11 is 0. The Morgan fingerprint density at radius 1 is 0.833 bits per heavy atom. The van der Waals surface area contributed by atoms with Crippen molar-refractivity contribution in [3.63, 3.8) is 0 Å². The molecule has 0 fully saturated rings. The lowest BCUT2D eigenvalue weighted by atomic mass is 10.0. The normalized spacial score (nSPS) is 11.6. The van der Waals surface area contributed by atoms with Crippen LogP contribution in [0, 0.1) is 0 Å². The van der Waals surface area contributed by atoms with Crippen LogP contribution >= 0.6 is 0 Å². The summed E-state index contributed by atoms with van der Waals surface area (Å²) in [6.07, 6.45) is 0. The van der Waals surface area contributed by atoms with Crippen molar-refractivity contribution in [3.8, 4) is 5.75 Å². The molecule has 4 rings (SSSR count). The summed E-state index contributed by atoms with van der Waals surface area (Å²) in [5.41, 5.74) is 1.87. The molecule has 0 saturated heterocycles. The van der Waals surface area contributed by atoms with Crippen LogP contribution in [0.5, 0.6) is 5.75 Å². The average molecular weight is 233 g/mol. The van der Waals surface area contributed by atoms with Gasteiger partial charge in [0.2, 0.25) is 0 Å². The fourth-order valence-corrected chi connectivity index (χ4v) is 2.68. The van der Waals surface area contributed by atoms with E-state index in [-0.39, 0.29) is 0 Å². The molecule has 0 unspecified atom stereocenters. The van der Waals surface area contributed by atoms with E-state index in [1.165, 1.54) is 5.39 Å². The highest BCUT2D eigenvalue weighted by Gasteiger charge is 2.11. The van der Waals surface area contributed by atoms with Gasteiger partial charge < -0.3 is 10.1 Å². The Balaban J connectivity index is 2.41. The number of aromatic hydroxyl groups is 1. The van der Waals surface area contributed by atoms with Gasteiger partial charge in [-0.3, -0.25) is 0 Å². The van der Waals surface area contributed by atoms with Gasteiger partial charge in [-0.15, -0.1) is 0 Å². The van der Waals surface area contributed by atoms with Crippen molar-refractivity contribution in [3.05, 3.63) is 54.6 Å². The Hall–Kier alpha value is -2.48. The molecule has 3 aromatic carbocycles. The molecule has 0 bridgehead atoms. The van der Waals surface area contributed by atoms with Gasteiger partial charge in [0.1, 0.15) is 5.75 Å². The largest absolute Gasteiger partial charge is 0.506 e. The van der Waals surface area contributed by atoms with Gasteiger partial charge in [-0.05, 0) is 22.9 Å². The first-order chi connectivity index (χ1) is 8.84. The van der Waals surface area contributed by atoms with E-state index in [0.29, 0.717) is 5.75 Å². The first-order valence-corrected chi connectivity index (χ1v) is 5.96. The highest BCUT2D eigenvalue weighted by Crippen LogP contribution is 2.37. The maximum absolute atomic E-state index is 10.1. The molecule has 1 heterocycles. The van der Waals surface area contributed by atoms with E-state index in [1.54, 1.807) is 0 Å². The molecule has 0 spiro atoms. The summed E-state index contributed by atoms with van der Waals surface area (Å²) in [4.78, 5) is 3.29. The van der Waals surface area contributed by atoms with Crippen molar-refractivity contribution in [2.45, 2.75) is 0 Å². The topological polar surface area (TPSA) is 36.0 Å². The summed E-state index contributed by atoms with van der Waals surface area (Å²) in [7, 11) is 0. The van der Waals surface area contributed by atoms with Gasteiger partial charge in [-0.2, -0.15) is 0 Å². The minimum atomic E-state index is 0.305. The zero-order valence-corrected chi connectivity index (χ0v) is 9.64. The number of phenols is 1. The summed E-state index contributed by atoms with van der Waals surface area (Å²) in [6.45, 7) is 0. The van der Waals surface area contributed by atoms with Crippen LogP contribution in [-0.2, 0) is 0 Å². The first-order valence-electron chi connectivity index (χ1n) is 5.96. The maximum Gasteiger partial charge on any atom is 0.140 e. The summed E-state index contributed by atoms with van der Waals surface area (Å²) in [5.74, 6) is 0.305. The second-order valence-corrected chi connectivity index (χ2v) is 4.54. The van der Waals surface area contributed by atoms with E-state index in [1.807, 2.05) is 42.5 Å². The van der Waals surface area contributed by atoms with Crippen LogP contribution in [0.1, 0.15) is 0 Å². The third kappa shape index (κ3) is 1.12. The number of H-pyrrole nitrogens is 1. The standard InChI is InChI=1S/C16H11NO/c18-14-9-10-5-1-2-6-11(10)15-12-7-3-4-8-13(12)17-16(14)15/h1-9,17-18H. The highest BCUT2D eigenvalue weighted by molar-refractivity contribution is 6.21. The Morgan fingerprint density at radius 2 is 1.56 bits per heavy atom. The Morgan fingerprint density at radius 3 is 2.44 bits per heavy atom. The van der Waals surface area contributed by atoms with Crippen molar-refractivity contribution in [2.24, 2.45) is 0 Å². The van der Waals surface area contributed by atoms with E-state index in [9.17, 15) is 5.11 Å². The molecule has 18 heavy (non-hydrogen) atoms. The third-order valence-electron chi connectivity index (χ3n) is 3.48. The lowest BCUT2D eigenvalue weighted by Crippen LogP contribution is -1.76. The molecule has 0 saturated carbocycles. The van der Waals surface area contributed by atoms with Gasteiger partial charge in [0, 0.05) is 16.3 Å². The molecular formula is C16H11NO. The van der Waals surface area contributed by atoms with Crippen LogP contribution in [-0.4, -0.2) is 10.1 Å². The number of aromatic amines is 1. The quantitative estimate of drug-likeness (QED) is 0.469. The first kappa shape index (κ1) is 9.54. The fourth-order valence-electron chi connectivity index (χ4n) is 2.68. The van der Waals surface area contributed by atoms with Crippen molar-refractivity contribution in [2.75, 3.05) is 0 Å². The monoisotopic (exact) mass is 233 g/mol. The van der Waals surface area contributed by atoms with Crippen LogP contribution in [0.15, 0.2) is 54.6 Å². The Bertz CT molecular complexity index is 889. The number of fused-ring (bicyclic) bond motifs is 5. The fraction of sp³-hybridized carbons (Fsp3) is 0. The molecule has 2 N–H and O–H groups in total. The predicted octanol–water partition coefficient (Wildman–Crippen LogP) is 4.18. The zero-order chi connectivity index (χ0) is 12.1. The van der Waals surface area contributed by atoms with Crippen LogP contribution in [0.3, 0.4) is 0 Å². The SMILES string of the molecule is Oc1cc2ccccc2c2c1[nH]c1ccccc12. The number of hydrogen-bond donors (Lipinski definition) is 2. The van der Waals surface area contributed by atoms with Gasteiger partial charge in [0.05, 0.1) is 5.52 Å². The van der Waals surface area contributed by atoms with Crippen LogP contribution < -0.4 is 0 Å². The minimum Gasteiger partial charge on any atom is -0.506 e. The molecule has 4 aromatic rings. The summed E-state index contributed by atoms with van der Waals surface area (Å²) in [5, 5.41) is 14.6. The Kier molecular flexibility index (Phi) is 1.73. The van der Waals surface area contributed by atoms with Crippen LogP contribution in [0.4, 0.5) is 0 Å². The molecule has 0 aliphatic carbocycles. The molecule has 0 aliphatic heterocycles. The van der Waals surface area contributed by atoms with E-state index in [2.05, 4.69) is 17.1 Å². The Labute approximate surface area is 103 Å². The van der Waals surface area contributed by atoms with E-state index < -0.39 is 0 Å². The van der Waals surface area contributed by atoms with Crippen LogP contribution in [0.2, 0.25) is 0 Å². The molecule has 2 heteroatoms. The molecule has 0 amide bonds. The molecule has 0 radical (unpaired) electrons. The van der Waals surface area contributed by atoms with Crippen molar-refractivity contribution in [1.29, 1.82) is 0 Å². The van der Waals surface area contributed by atoms with E-state index in [4.69, 9.17) is 0 Å². The number of nitrogens with one attached hydrogen (secondary N) is 1. The maximum atomic E-state index is 10.1. The number of rotatable bonds is 0. The average Bonchev–Trinajstić information content (AvgIpc) is 2.79. The molecule has 2 nitrogen and oxygen atoms in total. The van der Waals surface area contributed by atoms with Crippen molar-refractivity contribution < 1.29 is 5.11 Å². The molecule has 1 aromatic heterocycles. The smallest absolute Gasteiger partial charge is 0.140 e. The summed E-state index contributed by atoms with van der Waals surface area (Å²) in [6, 6.07) is 18.1. The highest BCUT2D eigenvalue weighted by atomic mass is 16.3. The number of benzene rings is 3. The number of para-hydroxylation sites is 1. The minimum absolute atomic E-state index is 0.305. The van der Waals surface area contributed by atoms with Gasteiger partial charge >= 0.3 is 0 Å². The summed E-state index contributed by atoms with van der Waals surface area (Å²) < 4.78 is 0. The van der Waals surface area contributed by atoms with E-state index in [0.717, 1.165) is 27.2 Å². The molecule has 0 aliphatic rings. The lowest BCUT2D eigenvalue weighted by molar-refractivity contribution is 0.481. The second-order valence-electron chi connectivity index (χ2n) is 4.54. The molecular weight excluding hydrogens is 222 g/mol. The van der Waals surface area contributed by atoms with Gasteiger partial charge in [0.25, 0.3) is 0 Å². The second kappa shape index (κ2) is 3.26. The number of aromatic nitrogens is 1. The van der Waals surface area contributed by atoms with Crippen molar-refractivity contribution >= 4 is 32.6 Å². The van der Waals surface area contributed by atoms with E-state index >= 15 is 0 Å². The van der Waals surface area contributed by atoms with Crippen LogP contribution in [0.25, 0.3) is 32.6 Å². The number of hydrogen-bond acceptors (Lipinski definition) is 1.